The number of hydrogen-bond donors (Lipinski definition) is 1. The van der Waals surface area contributed by atoms with Crippen LogP contribution in [-0.4, -0.2) is 25.7 Å². The number of aliphatic imine (C=N–C) groups is 1. The van der Waals surface area contributed by atoms with Crippen molar-refractivity contribution < 1.29 is 4.79 Å². The minimum absolute atomic E-state index is 0.0134. The van der Waals surface area contributed by atoms with Crippen LogP contribution in [0.2, 0.25) is 0 Å². The van der Waals surface area contributed by atoms with Crippen molar-refractivity contribution in [1.82, 2.24) is 5.32 Å². The topological polar surface area (TPSA) is 41.5 Å². The molecule has 0 fully saturated rings. The molecular formula is C6H12N2O. The first kappa shape index (κ1) is 8.14. The first-order valence-electron chi connectivity index (χ1n) is 2.92. The maximum absolute atomic E-state index is 10.3. The zero-order valence-electron chi connectivity index (χ0n) is 5.85. The third-order valence-corrected chi connectivity index (χ3v) is 0.830. The van der Waals surface area contributed by atoms with Crippen LogP contribution < -0.4 is 5.32 Å². The Balaban J connectivity index is 3.01. The van der Waals surface area contributed by atoms with Crippen LogP contribution in [-0.2, 0) is 4.79 Å². The van der Waals surface area contributed by atoms with Crippen LogP contribution in [0.15, 0.2) is 4.99 Å². The molecule has 0 aromatic rings. The molecule has 0 aliphatic heterocycles. The van der Waals surface area contributed by atoms with Crippen molar-refractivity contribution in [1.29, 1.82) is 0 Å². The summed E-state index contributed by atoms with van der Waals surface area (Å²) in [7, 11) is 1.72. The van der Waals surface area contributed by atoms with Crippen molar-refractivity contribution in [2.75, 3.05) is 13.6 Å². The first-order chi connectivity index (χ1) is 4.27. The Kier molecular flexibility index (Phi) is 4.78. The van der Waals surface area contributed by atoms with E-state index in [4.69, 9.17) is 0 Å². The van der Waals surface area contributed by atoms with E-state index >= 15 is 0 Å². The van der Waals surface area contributed by atoms with Crippen LogP contribution in [0, 0.1) is 0 Å². The maximum Gasteiger partial charge on any atom is 0.216 e. The Hall–Kier alpha value is -0.860. The van der Waals surface area contributed by atoms with Crippen molar-refractivity contribution in [3.8, 4) is 0 Å². The highest BCUT2D eigenvalue weighted by molar-refractivity contribution is 5.73. The Labute approximate surface area is 55.2 Å². The molecule has 0 saturated heterocycles. The van der Waals surface area contributed by atoms with Crippen molar-refractivity contribution in [2.45, 2.75) is 13.3 Å². The Morgan fingerprint density at radius 3 is 2.89 bits per heavy atom. The van der Waals surface area contributed by atoms with Gasteiger partial charge in [0, 0.05) is 26.7 Å². The summed E-state index contributed by atoms with van der Waals surface area (Å²) in [5, 5.41) is 2.65. The van der Waals surface area contributed by atoms with Crippen molar-refractivity contribution in [2.24, 2.45) is 4.99 Å². The van der Waals surface area contributed by atoms with Crippen LogP contribution in [0.4, 0.5) is 0 Å². The fourth-order valence-corrected chi connectivity index (χ4v) is 0.442. The molecule has 0 rings (SSSR count). The molecule has 0 aromatic carbocycles. The molecule has 1 N–H and O–H groups in total. The van der Waals surface area contributed by atoms with E-state index in [1.807, 2.05) is 0 Å². The molecule has 0 unspecified atom stereocenters. The monoisotopic (exact) mass is 128 g/mol. The third-order valence-electron chi connectivity index (χ3n) is 0.830. The molecule has 0 bridgehead atoms. The van der Waals surface area contributed by atoms with Gasteiger partial charge in [0.15, 0.2) is 0 Å². The number of nitrogens with zero attached hydrogens (tertiary/aromatic N) is 1. The molecule has 0 heterocycles. The SMILES string of the molecule is C/N=C/CCNC(C)=O. The number of carbonyl (C=O) groups excluding carboxylic acids is 1. The zero-order valence-corrected chi connectivity index (χ0v) is 5.85. The molecule has 52 valence electrons. The summed E-state index contributed by atoms with van der Waals surface area (Å²) in [5.74, 6) is 0.0134. The number of amides is 1. The van der Waals surface area contributed by atoms with E-state index in [1.165, 1.54) is 6.92 Å². The summed E-state index contributed by atoms with van der Waals surface area (Å²) in [6, 6.07) is 0. The van der Waals surface area contributed by atoms with Gasteiger partial charge in [-0.1, -0.05) is 0 Å². The molecule has 0 aliphatic rings. The summed E-state index contributed by atoms with van der Waals surface area (Å²) >= 11 is 0. The summed E-state index contributed by atoms with van der Waals surface area (Å²) < 4.78 is 0. The highest BCUT2D eigenvalue weighted by Crippen LogP contribution is 1.69. The Bertz CT molecular complexity index is 110. The second kappa shape index (κ2) is 5.28. The van der Waals surface area contributed by atoms with Crippen LogP contribution in [0.5, 0.6) is 0 Å². The zero-order chi connectivity index (χ0) is 7.11. The minimum atomic E-state index is 0.0134. The van der Waals surface area contributed by atoms with Gasteiger partial charge in [0.1, 0.15) is 0 Å². The molecule has 0 radical (unpaired) electrons. The van der Waals surface area contributed by atoms with Gasteiger partial charge in [-0.05, 0) is 6.42 Å². The quantitative estimate of drug-likeness (QED) is 0.428. The Morgan fingerprint density at radius 2 is 2.44 bits per heavy atom. The smallest absolute Gasteiger partial charge is 0.216 e. The van der Waals surface area contributed by atoms with Crippen LogP contribution in [0.3, 0.4) is 0 Å². The largest absolute Gasteiger partial charge is 0.356 e. The lowest BCUT2D eigenvalue weighted by atomic mass is 10.4. The van der Waals surface area contributed by atoms with Gasteiger partial charge >= 0.3 is 0 Å². The van der Waals surface area contributed by atoms with Gasteiger partial charge in [-0.15, -0.1) is 0 Å². The summed E-state index contributed by atoms with van der Waals surface area (Å²) in [4.78, 5) is 14.0. The molecule has 9 heavy (non-hydrogen) atoms. The number of rotatable bonds is 3. The second-order valence-corrected chi connectivity index (χ2v) is 1.71. The minimum Gasteiger partial charge on any atom is -0.356 e. The van der Waals surface area contributed by atoms with E-state index in [1.54, 1.807) is 13.3 Å². The standard InChI is InChI=1S/C6H12N2O/c1-6(9)8-5-3-4-7-2/h4H,3,5H2,1-2H3,(H,8,9)/b7-4+. The summed E-state index contributed by atoms with van der Waals surface area (Å²) in [6.07, 6.45) is 2.59. The van der Waals surface area contributed by atoms with E-state index in [2.05, 4.69) is 10.3 Å². The van der Waals surface area contributed by atoms with Crippen molar-refractivity contribution in [3.05, 3.63) is 0 Å². The third kappa shape index (κ3) is 7.14. The van der Waals surface area contributed by atoms with Crippen LogP contribution in [0.1, 0.15) is 13.3 Å². The fraction of sp³-hybridized carbons (Fsp3) is 0.667. The normalized spacial score (nSPS) is 10.0. The van der Waals surface area contributed by atoms with Gasteiger partial charge < -0.3 is 10.3 Å². The molecule has 3 nitrogen and oxygen atoms in total. The molecule has 0 spiro atoms. The summed E-state index contributed by atoms with van der Waals surface area (Å²) in [6.45, 7) is 2.19. The lowest BCUT2D eigenvalue weighted by Gasteiger charge is -1.94. The van der Waals surface area contributed by atoms with Crippen molar-refractivity contribution >= 4 is 12.1 Å². The highest BCUT2D eigenvalue weighted by Gasteiger charge is 1.85. The molecule has 0 saturated carbocycles. The van der Waals surface area contributed by atoms with E-state index < -0.39 is 0 Å². The highest BCUT2D eigenvalue weighted by atomic mass is 16.1. The average Bonchev–Trinajstić information content (AvgIpc) is 1.80. The molecule has 0 aromatic heterocycles. The van der Waals surface area contributed by atoms with Gasteiger partial charge in [-0.2, -0.15) is 0 Å². The molecule has 1 amide bonds. The molecule has 0 aliphatic carbocycles. The van der Waals surface area contributed by atoms with Gasteiger partial charge in [0.25, 0.3) is 0 Å². The predicted molar refractivity (Wildman–Crippen MR) is 37.7 cm³/mol. The van der Waals surface area contributed by atoms with E-state index in [0.29, 0.717) is 6.54 Å². The second-order valence-electron chi connectivity index (χ2n) is 1.71. The van der Waals surface area contributed by atoms with Gasteiger partial charge in [-0.25, -0.2) is 0 Å². The fourth-order valence-electron chi connectivity index (χ4n) is 0.442. The Morgan fingerprint density at radius 1 is 1.78 bits per heavy atom. The van der Waals surface area contributed by atoms with E-state index in [-0.39, 0.29) is 5.91 Å². The van der Waals surface area contributed by atoms with Crippen LogP contribution >= 0.6 is 0 Å². The maximum atomic E-state index is 10.3. The van der Waals surface area contributed by atoms with Crippen molar-refractivity contribution in [3.63, 3.8) is 0 Å². The lowest BCUT2D eigenvalue weighted by Crippen LogP contribution is -2.20. The molecule has 0 atom stereocenters. The number of hydrogen-bond acceptors (Lipinski definition) is 2. The average molecular weight is 128 g/mol. The van der Waals surface area contributed by atoms with Gasteiger partial charge in [-0.3, -0.25) is 4.79 Å². The van der Waals surface area contributed by atoms with Crippen LogP contribution in [0.25, 0.3) is 0 Å². The number of nitrogens with one attached hydrogen (secondary N) is 1. The lowest BCUT2D eigenvalue weighted by molar-refractivity contribution is -0.118. The number of carbonyl (C=O) groups is 1. The molecule has 3 heteroatoms. The summed E-state index contributed by atoms with van der Waals surface area (Å²) in [5.41, 5.74) is 0. The van der Waals surface area contributed by atoms with E-state index in [9.17, 15) is 4.79 Å². The van der Waals surface area contributed by atoms with Gasteiger partial charge in [0.05, 0.1) is 0 Å². The van der Waals surface area contributed by atoms with E-state index in [0.717, 1.165) is 6.42 Å². The first-order valence-corrected chi connectivity index (χ1v) is 2.92. The predicted octanol–water partition coefficient (Wildman–Crippen LogP) is 0.213. The van der Waals surface area contributed by atoms with Gasteiger partial charge in [0.2, 0.25) is 5.91 Å². The molecular weight excluding hydrogens is 116 g/mol.